The third kappa shape index (κ3) is 7.26. The van der Waals surface area contributed by atoms with Crippen LogP contribution in [0.25, 0.3) is 10.8 Å². The minimum atomic E-state index is -1.12. The maximum Gasteiger partial charge on any atom is 0.339 e. The molecule has 0 saturated carbocycles. The number of carbonyl (C=O) groups excluding carboxylic acids is 2. The first-order valence-electron chi connectivity index (χ1n) is 12.1. The van der Waals surface area contributed by atoms with Gasteiger partial charge in [0.05, 0.1) is 11.8 Å². The van der Waals surface area contributed by atoms with Crippen molar-refractivity contribution in [3.63, 3.8) is 0 Å². The van der Waals surface area contributed by atoms with Crippen molar-refractivity contribution in [3.05, 3.63) is 96.2 Å². The lowest BCUT2D eigenvalue weighted by molar-refractivity contribution is -0.118. The van der Waals surface area contributed by atoms with Gasteiger partial charge in [0.1, 0.15) is 29.5 Å². The Morgan fingerprint density at radius 2 is 1.77 bits per heavy atom. The minimum absolute atomic E-state index is 0.0660. The number of aromatic carboxylic acids is 1. The topological polar surface area (TPSA) is 129 Å². The van der Waals surface area contributed by atoms with Crippen molar-refractivity contribution in [1.29, 1.82) is 0 Å². The Balaban J connectivity index is 0.000000212. The fourth-order valence-electron chi connectivity index (χ4n) is 3.89. The number of hydrogen-bond donors (Lipinski definition) is 3. The van der Waals surface area contributed by atoms with E-state index in [0.29, 0.717) is 18.4 Å². The normalized spacial score (nSPS) is 14.3. The molecule has 1 aliphatic rings. The van der Waals surface area contributed by atoms with Crippen LogP contribution in [0.4, 0.5) is 10.6 Å². The Kier molecular flexibility index (Phi) is 9.01. The number of carbonyl (C=O) groups is 3. The van der Waals surface area contributed by atoms with Gasteiger partial charge in [-0.3, -0.25) is 14.9 Å². The molecule has 1 fully saturated rings. The Morgan fingerprint density at radius 1 is 1.03 bits per heavy atom. The number of amides is 2. The van der Waals surface area contributed by atoms with E-state index in [2.05, 4.69) is 10.3 Å². The summed E-state index contributed by atoms with van der Waals surface area (Å²) in [7, 11) is 1.97. The molecular formula is C29H27N3O6S. The number of benzene rings is 3. The molecule has 1 atom stereocenters. The summed E-state index contributed by atoms with van der Waals surface area (Å²) in [6.45, 7) is 1.27. The van der Waals surface area contributed by atoms with Gasteiger partial charge in [0, 0.05) is 18.6 Å². The number of ether oxygens (including phenoxy) is 1. The van der Waals surface area contributed by atoms with Gasteiger partial charge in [-0.15, -0.1) is 0 Å². The largest absolute Gasteiger partial charge is 0.506 e. The molecular weight excluding hydrogens is 518 g/mol. The molecule has 2 amide bonds. The number of anilines is 1. The number of nitrogens with zero attached hydrogens (tertiary/aromatic N) is 2. The van der Waals surface area contributed by atoms with Crippen LogP contribution in [0.5, 0.6) is 11.5 Å². The van der Waals surface area contributed by atoms with Crippen LogP contribution in [0.2, 0.25) is 0 Å². The van der Waals surface area contributed by atoms with Gasteiger partial charge in [-0.2, -0.15) is 0 Å². The molecule has 3 N–H and O–H groups in total. The zero-order valence-electron chi connectivity index (χ0n) is 21.1. The number of fused-ring (bicyclic) bond motifs is 1. The molecule has 3 aromatic carbocycles. The van der Waals surface area contributed by atoms with Crippen molar-refractivity contribution >= 4 is 45.5 Å². The van der Waals surface area contributed by atoms with E-state index < -0.39 is 5.97 Å². The lowest BCUT2D eigenvalue weighted by Gasteiger charge is -2.18. The number of phenols is 1. The van der Waals surface area contributed by atoms with E-state index in [1.807, 2.05) is 66.5 Å². The lowest BCUT2D eigenvalue weighted by atomic mass is 10.1. The number of nitrogens with one attached hydrogen (secondary N) is 1. The minimum Gasteiger partial charge on any atom is -0.506 e. The molecule has 1 unspecified atom stereocenters. The molecule has 2 heterocycles. The molecule has 0 aliphatic carbocycles. The molecule has 9 nitrogen and oxygen atoms in total. The van der Waals surface area contributed by atoms with E-state index in [1.165, 1.54) is 6.07 Å². The van der Waals surface area contributed by atoms with E-state index in [-0.39, 0.29) is 27.7 Å². The van der Waals surface area contributed by atoms with Crippen LogP contribution in [0.1, 0.15) is 15.9 Å². The van der Waals surface area contributed by atoms with Gasteiger partial charge in [-0.25, -0.2) is 9.78 Å². The molecule has 10 heteroatoms. The third-order valence-electron chi connectivity index (χ3n) is 5.98. The average Bonchev–Trinajstić information content (AvgIpc) is 3.26. The first-order valence-corrected chi connectivity index (χ1v) is 13.0. The molecule has 5 rings (SSSR count). The molecule has 0 spiro atoms. The highest BCUT2D eigenvalue weighted by Crippen LogP contribution is 2.28. The molecule has 0 radical (unpaired) electrons. The van der Waals surface area contributed by atoms with Gasteiger partial charge in [0.15, 0.2) is 0 Å². The molecule has 1 saturated heterocycles. The predicted octanol–water partition coefficient (Wildman–Crippen LogP) is 4.73. The number of pyridine rings is 1. The first-order chi connectivity index (χ1) is 18.8. The van der Waals surface area contributed by atoms with Crippen LogP contribution in [-0.4, -0.2) is 57.8 Å². The standard InChI is InChI=1S/C18H19N3O3S.C11H8O3/c1-21(16-4-2-3-9-19-16)10-11-24-14-7-5-13(6-8-14)12-15-17(22)20-18(23)25-15;12-10-8-4-2-1-3-7(8)5-6-9(10)11(13)14/h2-9,15H,10-12H2,1H3,(H,20,22,23);1-6,12H,(H,13,14). The first kappa shape index (κ1) is 27.5. The number of rotatable bonds is 8. The summed E-state index contributed by atoms with van der Waals surface area (Å²) in [5.74, 6) is 0.179. The van der Waals surface area contributed by atoms with E-state index in [9.17, 15) is 19.5 Å². The fraction of sp³-hybridized carbons (Fsp3) is 0.172. The van der Waals surface area contributed by atoms with Crippen molar-refractivity contribution in [3.8, 4) is 11.5 Å². The Morgan fingerprint density at radius 3 is 2.44 bits per heavy atom. The van der Waals surface area contributed by atoms with Crippen molar-refractivity contribution in [2.75, 3.05) is 25.1 Å². The van der Waals surface area contributed by atoms with E-state index in [0.717, 1.165) is 40.8 Å². The zero-order chi connectivity index (χ0) is 27.8. The zero-order valence-corrected chi connectivity index (χ0v) is 21.9. The summed E-state index contributed by atoms with van der Waals surface area (Å²) in [6.07, 6.45) is 2.30. The maximum atomic E-state index is 11.6. The number of thioether (sulfide) groups is 1. The number of carboxylic acids is 1. The maximum absolute atomic E-state index is 11.6. The highest BCUT2D eigenvalue weighted by molar-refractivity contribution is 8.15. The van der Waals surface area contributed by atoms with Crippen LogP contribution < -0.4 is 15.0 Å². The monoisotopic (exact) mass is 545 g/mol. The number of hydrogen-bond acceptors (Lipinski definition) is 8. The Labute approximate surface area is 229 Å². The van der Waals surface area contributed by atoms with Crippen LogP contribution in [0, 0.1) is 0 Å². The van der Waals surface area contributed by atoms with E-state index >= 15 is 0 Å². The quantitative estimate of drug-likeness (QED) is 0.288. The van der Waals surface area contributed by atoms with Gasteiger partial charge < -0.3 is 19.8 Å². The smallest absolute Gasteiger partial charge is 0.339 e. The van der Waals surface area contributed by atoms with Crippen LogP contribution in [-0.2, 0) is 11.2 Å². The summed E-state index contributed by atoms with van der Waals surface area (Å²) in [6, 6.07) is 23.6. The second-order valence-electron chi connectivity index (χ2n) is 8.68. The molecule has 1 aromatic heterocycles. The number of carboxylic acid groups (broad SMARTS) is 1. The lowest BCUT2D eigenvalue weighted by Crippen LogP contribution is -2.25. The van der Waals surface area contributed by atoms with E-state index in [4.69, 9.17) is 9.84 Å². The summed E-state index contributed by atoms with van der Waals surface area (Å²) in [5, 5.41) is 21.5. The second-order valence-corrected chi connectivity index (χ2v) is 9.85. The molecule has 1 aliphatic heterocycles. The van der Waals surface area contributed by atoms with Gasteiger partial charge in [-0.1, -0.05) is 60.3 Å². The van der Waals surface area contributed by atoms with Crippen LogP contribution in [0.15, 0.2) is 85.1 Å². The van der Waals surface area contributed by atoms with Crippen LogP contribution >= 0.6 is 11.8 Å². The average molecular weight is 546 g/mol. The summed E-state index contributed by atoms with van der Waals surface area (Å²) in [5.41, 5.74) is 0.934. The number of aromatic hydroxyl groups is 1. The van der Waals surface area contributed by atoms with E-state index in [1.54, 1.807) is 24.4 Å². The number of likely N-dealkylation sites (N-methyl/N-ethyl adjacent to an activating group) is 1. The van der Waals surface area contributed by atoms with Gasteiger partial charge >= 0.3 is 5.97 Å². The molecule has 200 valence electrons. The highest BCUT2D eigenvalue weighted by Gasteiger charge is 2.31. The Bertz CT molecular complexity index is 1460. The second kappa shape index (κ2) is 12.8. The van der Waals surface area contributed by atoms with Crippen molar-refractivity contribution in [2.45, 2.75) is 11.7 Å². The van der Waals surface area contributed by atoms with Crippen LogP contribution in [0.3, 0.4) is 0 Å². The van der Waals surface area contributed by atoms with Gasteiger partial charge in [0.25, 0.3) is 5.24 Å². The van der Waals surface area contributed by atoms with Crippen molar-refractivity contribution < 1.29 is 29.3 Å². The Hall–Kier alpha value is -4.57. The molecule has 39 heavy (non-hydrogen) atoms. The summed E-state index contributed by atoms with van der Waals surface area (Å²) >= 11 is 1.05. The van der Waals surface area contributed by atoms with Gasteiger partial charge in [0.2, 0.25) is 5.91 Å². The SMILES string of the molecule is CN(CCOc1ccc(CC2SC(=O)NC2=O)cc1)c1ccccn1.O=C(O)c1ccc2ccccc2c1O. The number of imide groups is 1. The van der Waals surface area contributed by atoms with Crippen molar-refractivity contribution in [1.82, 2.24) is 10.3 Å². The summed E-state index contributed by atoms with van der Waals surface area (Å²) < 4.78 is 5.75. The molecule has 0 bridgehead atoms. The fourth-order valence-corrected chi connectivity index (χ4v) is 4.75. The molecule has 4 aromatic rings. The summed E-state index contributed by atoms with van der Waals surface area (Å²) in [4.78, 5) is 39.8. The predicted molar refractivity (Wildman–Crippen MR) is 151 cm³/mol. The third-order valence-corrected chi connectivity index (χ3v) is 6.96. The van der Waals surface area contributed by atoms with Crippen molar-refractivity contribution in [2.24, 2.45) is 0 Å². The highest BCUT2D eigenvalue weighted by atomic mass is 32.2. The van der Waals surface area contributed by atoms with Gasteiger partial charge in [-0.05, 0) is 47.7 Å². The number of aromatic nitrogens is 1.